The quantitative estimate of drug-likeness (QED) is 0.243. The third-order valence-corrected chi connectivity index (χ3v) is 8.61. The van der Waals surface area contributed by atoms with Gasteiger partial charge in [0, 0.05) is 12.6 Å². The molecule has 4 aromatic rings. The summed E-state index contributed by atoms with van der Waals surface area (Å²) in [7, 11) is -0.783. The van der Waals surface area contributed by atoms with Crippen LogP contribution in [0.4, 0.5) is 0 Å². The van der Waals surface area contributed by atoms with E-state index in [1.807, 2.05) is 42.5 Å². The Kier molecular flexibility index (Phi) is 8.93. The number of carbonyl (C=O) groups is 1. The molecule has 0 aliphatic carbocycles. The van der Waals surface area contributed by atoms with Crippen molar-refractivity contribution in [2.75, 3.05) is 27.3 Å². The third kappa shape index (κ3) is 6.61. The zero-order valence-electron chi connectivity index (χ0n) is 22.7. The van der Waals surface area contributed by atoms with E-state index in [1.54, 1.807) is 69.6 Å². The molecular formula is C30H34N2O6S. The van der Waals surface area contributed by atoms with Crippen molar-refractivity contribution in [2.45, 2.75) is 37.8 Å². The van der Waals surface area contributed by atoms with Gasteiger partial charge in [-0.05, 0) is 73.0 Å². The average Bonchev–Trinajstić information content (AvgIpc) is 3.46. The van der Waals surface area contributed by atoms with Gasteiger partial charge in [0.15, 0.2) is 11.5 Å². The standard InChI is InChI=1S/C30H34N2O6S/c1-22(2)32(39(34,35)27-13-12-24-8-5-6-9-25(24)19-27)21-30(33)31(20-26-10-7-17-38-26)16-15-23-11-14-28(36-3)29(18-23)37-4/h5-14,17-19,22H,15-16,20-21H2,1-4H3. The first-order chi connectivity index (χ1) is 18.7. The van der Waals surface area contributed by atoms with Crippen LogP contribution in [0, 0.1) is 0 Å². The normalized spacial score (nSPS) is 11.7. The van der Waals surface area contributed by atoms with Crippen molar-refractivity contribution in [3.8, 4) is 11.5 Å². The lowest BCUT2D eigenvalue weighted by Crippen LogP contribution is -2.46. The number of methoxy groups -OCH3 is 2. The summed E-state index contributed by atoms with van der Waals surface area (Å²) in [6.07, 6.45) is 2.09. The number of hydrogen-bond acceptors (Lipinski definition) is 6. The van der Waals surface area contributed by atoms with Crippen molar-refractivity contribution in [1.82, 2.24) is 9.21 Å². The summed E-state index contributed by atoms with van der Waals surface area (Å²) < 4.78 is 44.9. The summed E-state index contributed by atoms with van der Waals surface area (Å²) >= 11 is 0. The molecule has 0 radical (unpaired) electrons. The van der Waals surface area contributed by atoms with E-state index in [0.717, 1.165) is 16.3 Å². The Morgan fingerprint density at radius 2 is 1.64 bits per heavy atom. The first kappa shape index (κ1) is 28.2. The molecule has 0 unspecified atom stereocenters. The predicted molar refractivity (Wildman–Crippen MR) is 150 cm³/mol. The van der Waals surface area contributed by atoms with Gasteiger partial charge in [-0.2, -0.15) is 4.31 Å². The topological polar surface area (TPSA) is 89.3 Å². The van der Waals surface area contributed by atoms with Crippen LogP contribution >= 0.6 is 0 Å². The SMILES string of the molecule is COc1ccc(CCN(Cc2ccco2)C(=O)CN(C(C)C)S(=O)(=O)c2ccc3ccccc3c2)cc1OC. The van der Waals surface area contributed by atoms with E-state index in [9.17, 15) is 13.2 Å². The number of rotatable bonds is 12. The number of furan rings is 1. The molecule has 0 fully saturated rings. The van der Waals surface area contributed by atoms with E-state index < -0.39 is 16.1 Å². The molecule has 4 rings (SSSR count). The molecule has 9 heteroatoms. The second kappa shape index (κ2) is 12.4. The maximum absolute atomic E-state index is 13.7. The summed E-state index contributed by atoms with van der Waals surface area (Å²) in [6, 6.07) is 21.4. The molecule has 0 saturated carbocycles. The smallest absolute Gasteiger partial charge is 0.243 e. The molecule has 8 nitrogen and oxygen atoms in total. The van der Waals surface area contributed by atoms with E-state index in [2.05, 4.69) is 0 Å². The van der Waals surface area contributed by atoms with Crippen LogP contribution in [-0.4, -0.2) is 56.9 Å². The van der Waals surface area contributed by atoms with Crippen LogP contribution in [-0.2, 0) is 27.8 Å². The van der Waals surface area contributed by atoms with Crippen molar-refractivity contribution in [1.29, 1.82) is 0 Å². The average molecular weight is 551 g/mol. The lowest BCUT2D eigenvalue weighted by Gasteiger charge is -2.29. The van der Waals surface area contributed by atoms with E-state index in [4.69, 9.17) is 13.9 Å². The highest BCUT2D eigenvalue weighted by atomic mass is 32.2. The highest BCUT2D eigenvalue weighted by molar-refractivity contribution is 7.89. The van der Waals surface area contributed by atoms with Crippen molar-refractivity contribution < 1.29 is 27.1 Å². The second-order valence-electron chi connectivity index (χ2n) is 9.49. The van der Waals surface area contributed by atoms with Crippen LogP contribution in [0.25, 0.3) is 10.8 Å². The van der Waals surface area contributed by atoms with E-state index >= 15 is 0 Å². The lowest BCUT2D eigenvalue weighted by atomic mass is 10.1. The molecular weight excluding hydrogens is 516 g/mol. The molecule has 1 amide bonds. The minimum atomic E-state index is -3.93. The van der Waals surface area contributed by atoms with Gasteiger partial charge in [0.25, 0.3) is 0 Å². The zero-order valence-corrected chi connectivity index (χ0v) is 23.5. The van der Waals surface area contributed by atoms with Gasteiger partial charge in [-0.15, -0.1) is 0 Å². The number of ether oxygens (including phenoxy) is 2. The maximum Gasteiger partial charge on any atom is 0.243 e. The number of amides is 1. The van der Waals surface area contributed by atoms with Crippen LogP contribution in [0.2, 0.25) is 0 Å². The van der Waals surface area contributed by atoms with Gasteiger partial charge in [-0.25, -0.2) is 8.42 Å². The van der Waals surface area contributed by atoms with Crippen LogP contribution in [0.5, 0.6) is 11.5 Å². The first-order valence-electron chi connectivity index (χ1n) is 12.7. The van der Waals surface area contributed by atoms with Crippen LogP contribution in [0.1, 0.15) is 25.2 Å². The summed E-state index contributed by atoms with van der Waals surface area (Å²) in [6.45, 7) is 3.83. The fourth-order valence-corrected chi connectivity index (χ4v) is 6.05. The number of sulfonamides is 1. The molecule has 0 aliphatic rings. The largest absolute Gasteiger partial charge is 0.493 e. The molecule has 0 spiro atoms. The van der Waals surface area contributed by atoms with E-state index in [0.29, 0.717) is 30.2 Å². The van der Waals surface area contributed by atoms with Gasteiger partial charge < -0.3 is 18.8 Å². The minimum absolute atomic E-state index is 0.158. The molecule has 39 heavy (non-hydrogen) atoms. The van der Waals surface area contributed by atoms with Gasteiger partial charge in [0.05, 0.1) is 38.5 Å². The van der Waals surface area contributed by atoms with E-state index in [-0.39, 0.29) is 23.9 Å². The summed E-state index contributed by atoms with van der Waals surface area (Å²) in [4.78, 5) is 15.4. The van der Waals surface area contributed by atoms with E-state index in [1.165, 1.54) is 4.31 Å². The molecule has 0 bridgehead atoms. The molecule has 0 saturated heterocycles. The van der Waals surface area contributed by atoms with Gasteiger partial charge in [-0.3, -0.25) is 4.79 Å². The second-order valence-corrected chi connectivity index (χ2v) is 11.4. The maximum atomic E-state index is 13.7. The molecule has 206 valence electrons. The number of hydrogen-bond donors (Lipinski definition) is 0. The van der Waals surface area contributed by atoms with Gasteiger partial charge in [0.1, 0.15) is 5.76 Å². The molecule has 0 aliphatic heterocycles. The van der Waals surface area contributed by atoms with Crippen LogP contribution in [0.3, 0.4) is 0 Å². The van der Waals surface area contributed by atoms with Crippen molar-refractivity contribution >= 4 is 26.7 Å². The van der Waals surface area contributed by atoms with Crippen molar-refractivity contribution in [2.24, 2.45) is 0 Å². The fraction of sp³-hybridized carbons (Fsp3) is 0.300. The van der Waals surface area contributed by atoms with Crippen molar-refractivity contribution in [3.63, 3.8) is 0 Å². The molecule has 1 aromatic heterocycles. The van der Waals surface area contributed by atoms with Gasteiger partial charge in [-0.1, -0.05) is 36.4 Å². The molecule has 0 N–H and O–H groups in total. The van der Waals surface area contributed by atoms with Gasteiger partial charge >= 0.3 is 0 Å². The Hall–Kier alpha value is -3.82. The highest BCUT2D eigenvalue weighted by Gasteiger charge is 2.31. The van der Waals surface area contributed by atoms with Crippen LogP contribution < -0.4 is 9.47 Å². The number of nitrogens with zero attached hydrogens (tertiary/aromatic N) is 2. The first-order valence-corrected chi connectivity index (χ1v) is 14.2. The monoisotopic (exact) mass is 550 g/mol. The predicted octanol–water partition coefficient (Wildman–Crippen LogP) is 5.12. The molecule has 3 aromatic carbocycles. The molecule has 0 atom stereocenters. The summed E-state index contributed by atoms with van der Waals surface area (Å²) in [5.74, 6) is 1.52. The Morgan fingerprint density at radius 3 is 2.31 bits per heavy atom. The Morgan fingerprint density at radius 1 is 0.897 bits per heavy atom. The number of fused-ring (bicyclic) bond motifs is 1. The highest BCUT2D eigenvalue weighted by Crippen LogP contribution is 2.28. The summed E-state index contributed by atoms with van der Waals surface area (Å²) in [5, 5.41) is 1.77. The number of carbonyl (C=O) groups excluding carboxylic acids is 1. The molecule has 1 heterocycles. The fourth-order valence-electron chi connectivity index (χ4n) is 4.42. The Balaban J connectivity index is 1.57. The van der Waals surface area contributed by atoms with Crippen molar-refractivity contribution in [3.05, 3.63) is 90.4 Å². The summed E-state index contributed by atoms with van der Waals surface area (Å²) in [5.41, 5.74) is 0.953. The van der Waals surface area contributed by atoms with Crippen LogP contribution in [0.15, 0.2) is 88.4 Å². The lowest BCUT2D eigenvalue weighted by molar-refractivity contribution is -0.132. The minimum Gasteiger partial charge on any atom is -0.493 e. The Bertz CT molecular complexity index is 1520. The zero-order chi connectivity index (χ0) is 28.0. The third-order valence-electron chi connectivity index (χ3n) is 6.59. The Labute approximate surface area is 229 Å². The van der Waals surface area contributed by atoms with Gasteiger partial charge in [0.2, 0.25) is 15.9 Å². The number of benzene rings is 3.